The SMILES string of the molecule is OC1(CNC2CCc3cccnc32)CCCCC1. The number of fused-ring (bicyclic) bond motifs is 1. The summed E-state index contributed by atoms with van der Waals surface area (Å²) in [6.45, 7) is 0.716. The largest absolute Gasteiger partial charge is 0.389 e. The molecule has 3 nitrogen and oxygen atoms in total. The van der Waals surface area contributed by atoms with Crippen LogP contribution in [0, 0.1) is 0 Å². The van der Waals surface area contributed by atoms with Gasteiger partial charge in [-0.1, -0.05) is 25.3 Å². The van der Waals surface area contributed by atoms with Crippen molar-refractivity contribution >= 4 is 0 Å². The summed E-state index contributed by atoms with van der Waals surface area (Å²) in [7, 11) is 0. The molecule has 0 aliphatic heterocycles. The van der Waals surface area contributed by atoms with Crippen molar-refractivity contribution < 1.29 is 5.11 Å². The van der Waals surface area contributed by atoms with Gasteiger partial charge in [-0.3, -0.25) is 4.98 Å². The molecular weight excluding hydrogens is 224 g/mol. The highest BCUT2D eigenvalue weighted by atomic mass is 16.3. The van der Waals surface area contributed by atoms with Crippen LogP contribution < -0.4 is 5.32 Å². The van der Waals surface area contributed by atoms with E-state index in [2.05, 4.69) is 16.4 Å². The molecule has 0 amide bonds. The Kier molecular flexibility index (Phi) is 3.35. The second-order valence-electron chi connectivity index (χ2n) is 5.80. The van der Waals surface area contributed by atoms with Gasteiger partial charge in [0.05, 0.1) is 17.3 Å². The highest BCUT2D eigenvalue weighted by Crippen LogP contribution is 2.31. The van der Waals surface area contributed by atoms with Gasteiger partial charge in [0.25, 0.3) is 0 Å². The Morgan fingerprint density at radius 1 is 1.33 bits per heavy atom. The Labute approximate surface area is 109 Å². The van der Waals surface area contributed by atoms with Gasteiger partial charge in [0.1, 0.15) is 0 Å². The van der Waals surface area contributed by atoms with Crippen LogP contribution in [0.1, 0.15) is 55.8 Å². The molecule has 1 fully saturated rings. The monoisotopic (exact) mass is 246 g/mol. The first-order valence-electron chi connectivity index (χ1n) is 7.16. The van der Waals surface area contributed by atoms with Crippen LogP contribution in [0.4, 0.5) is 0 Å². The zero-order valence-corrected chi connectivity index (χ0v) is 10.9. The fourth-order valence-electron chi connectivity index (χ4n) is 3.31. The van der Waals surface area contributed by atoms with Crippen LogP contribution in [0.5, 0.6) is 0 Å². The first-order valence-corrected chi connectivity index (χ1v) is 7.16. The molecular formula is C15H22N2O. The van der Waals surface area contributed by atoms with E-state index >= 15 is 0 Å². The van der Waals surface area contributed by atoms with Gasteiger partial charge in [0, 0.05) is 12.7 Å². The Balaban J connectivity index is 1.61. The van der Waals surface area contributed by atoms with Crippen LogP contribution in [0.25, 0.3) is 0 Å². The lowest BCUT2D eigenvalue weighted by Crippen LogP contribution is -2.43. The number of pyridine rings is 1. The third kappa shape index (κ3) is 2.43. The molecule has 18 heavy (non-hydrogen) atoms. The van der Waals surface area contributed by atoms with Gasteiger partial charge >= 0.3 is 0 Å². The zero-order valence-electron chi connectivity index (χ0n) is 10.9. The molecule has 1 aromatic rings. The minimum Gasteiger partial charge on any atom is -0.389 e. The van der Waals surface area contributed by atoms with Gasteiger partial charge in [-0.2, -0.15) is 0 Å². The minimum atomic E-state index is -0.476. The standard InChI is InChI=1S/C15H22N2O/c18-15(8-2-1-3-9-15)11-17-13-7-6-12-5-4-10-16-14(12)13/h4-5,10,13,17-18H,1-3,6-9,11H2. The number of aryl methyl sites for hydroxylation is 1. The number of hydrogen-bond acceptors (Lipinski definition) is 3. The van der Waals surface area contributed by atoms with Crippen molar-refractivity contribution in [1.82, 2.24) is 10.3 Å². The molecule has 0 saturated heterocycles. The van der Waals surface area contributed by atoms with Crippen molar-refractivity contribution in [2.75, 3.05) is 6.54 Å². The van der Waals surface area contributed by atoms with E-state index in [4.69, 9.17) is 0 Å². The zero-order chi connectivity index (χ0) is 12.4. The second kappa shape index (κ2) is 4.98. The molecule has 1 saturated carbocycles. The molecule has 1 atom stereocenters. The van der Waals surface area contributed by atoms with Gasteiger partial charge in [-0.25, -0.2) is 0 Å². The first-order chi connectivity index (χ1) is 8.77. The summed E-state index contributed by atoms with van der Waals surface area (Å²) in [5, 5.41) is 14.0. The second-order valence-corrected chi connectivity index (χ2v) is 5.80. The van der Waals surface area contributed by atoms with Crippen molar-refractivity contribution in [1.29, 1.82) is 0 Å². The highest BCUT2D eigenvalue weighted by molar-refractivity contribution is 5.27. The molecule has 2 aliphatic rings. The molecule has 2 aliphatic carbocycles. The maximum absolute atomic E-state index is 10.5. The number of rotatable bonds is 3. The maximum Gasteiger partial charge on any atom is 0.0771 e. The third-order valence-electron chi connectivity index (χ3n) is 4.42. The van der Waals surface area contributed by atoms with Gasteiger partial charge in [0.15, 0.2) is 0 Å². The fourth-order valence-corrected chi connectivity index (χ4v) is 3.31. The molecule has 1 unspecified atom stereocenters. The third-order valence-corrected chi connectivity index (χ3v) is 4.42. The van der Waals surface area contributed by atoms with Crippen LogP contribution in [-0.2, 0) is 6.42 Å². The van der Waals surface area contributed by atoms with E-state index in [1.54, 1.807) is 0 Å². The summed E-state index contributed by atoms with van der Waals surface area (Å²) in [5.74, 6) is 0. The molecule has 0 spiro atoms. The van der Waals surface area contributed by atoms with Crippen molar-refractivity contribution in [2.45, 2.75) is 56.6 Å². The molecule has 3 rings (SSSR count). The molecule has 98 valence electrons. The Hall–Kier alpha value is -0.930. The lowest BCUT2D eigenvalue weighted by molar-refractivity contribution is 0.00253. The maximum atomic E-state index is 10.5. The van der Waals surface area contributed by atoms with Crippen LogP contribution >= 0.6 is 0 Å². The predicted octanol–water partition coefficient (Wildman–Crippen LogP) is 2.35. The minimum absolute atomic E-state index is 0.340. The van der Waals surface area contributed by atoms with Gasteiger partial charge < -0.3 is 10.4 Å². The van der Waals surface area contributed by atoms with E-state index < -0.39 is 5.60 Å². The van der Waals surface area contributed by atoms with Gasteiger partial charge in [-0.05, 0) is 37.3 Å². The molecule has 1 aromatic heterocycles. The average molecular weight is 246 g/mol. The van der Waals surface area contributed by atoms with Crippen LogP contribution in [0.2, 0.25) is 0 Å². The van der Waals surface area contributed by atoms with E-state index in [0.717, 1.165) is 38.5 Å². The molecule has 0 radical (unpaired) electrons. The van der Waals surface area contributed by atoms with Crippen LogP contribution in [-0.4, -0.2) is 22.2 Å². The molecule has 0 aromatic carbocycles. The summed E-state index contributed by atoms with van der Waals surface area (Å²) >= 11 is 0. The van der Waals surface area contributed by atoms with E-state index in [-0.39, 0.29) is 0 Å². The average Bonchev–Trinajstić information content (AvgIpc) is 2.81. The molecule has 0 bridgehead atoms. The molecule has 3 heteroatoms. The van der Waals surface area contributed by atoms with Crippen LogP contribution in [0.15, 0.2) is 18.3 Å². The van der Waals surface area contributed by atoms with Gasteiger partial charge in [0.2, 0.25) is 0 Å². The summed E-state index contributed by atoms with van der Waals surface area (Å²) in [6, 6.07) is 4.52. The quantitative estimate of drug-likeness (QED) is 0.860. The summed E-state index contributed by atoms with van der Waals surface area (Å²) in [4.78, 5) is 4.48. The Bertz CT molecular complexity index is 413. The summed E-state index contributed by atoms with van der Waals surface area (Å²) in [5.41, 5.74) is 2.08. The number of nitrogens with zero attached hydrogens (tertiary/aromatic N) is 1. The van der Waals surface area contributed by atoms with Gasteiger partial charge in [-0.15, -0.1) is 0 Å². The van der Waals surface area contributed by atoms with E-state index in [9.17, 15) is 5.11 Å². The van der Waals surface area contributed by atoms with Crippen molar-refractivity contribution in [3.05, 3.63) is 29.6 Å². The smallest absolute Gasteiger partial charge is 0.0771 e. The predicted molar refractivity (Wildman–Crippen MR) is 71.3 cm³/mol. The van der Waals surface area contributed by atoms with Crippen molar-refractivity contribution in [2.24, 2.45) is 0 Å². The topological polar surface area (TPSA) is 45.1 Å². The lowest BCUT2D eigenvalue weighted by Gasteiger charge is -2.33. The number of nitrogens with one attached hydrogen (secondary N) is 1. The molecule has 1 heterocycles. The van der Waals surface area contributed by atoms with Crippen molar-refractivity contribution in [3.63, 3.8) is 0 Å². The Morgan fingerprint density at radius 2 is 2.17 bits per heavy atom. The van der Waals surface area contributed by atoms with E-state index in [1.807, 2.05) is 12.3 Å². The highest BCUT2D eigenvalue weighted by Gasteiger charge is 2.31. The summed E-state index contributed by atoms with van der Waals surface area (Å²) < 4.78 is 0. The van der Waals surface area contributed by atoms with E-state index in [0.29, 0.717) is 12.6 Å². The number of aliphatic hydroxyl groups is 1. The fraction of sp³-hybridized carbons (Fsp3) is 0.667. The Morgan fingerprint density at radius 3 is 3.00 bits per heavy atom. The van der Waals surface area contributed by atoms with Crippen molar-refractivity contribution in [3.8, 4) is 0 Å². The number of aromatic nitrogens is 1. The lowest BCUT2D eigenvalue weighted by atomic mass is 9.84. The number of hydrogen-bond donors (Lipinski definition) is 2. The van der Waals surface area contributed by atoms with E-state index in [1.165, 1.54) is 17.7 Å². The molecule has 2 N–H and O–H groups in total. The van der Waals surface area contributed by atoms with Crippen LogP contribution in [0.3, 0.4) is 0 Å². The summed E-state index contributed by atoms with van der Waals surface area (Å²) in [6.07, 6.45) is 9.59. The normalized spacial score (nSPS) is 25.9. The first kappa shape index (κ1) is 12.1.